The van der Waals surface area contributed by atoms with Crippen molar-refractivity contribution < 1.29 is 14.3 Å². The van der Waals surface area contributed by atoms with E-state index in [-0.39, 0.29) is 11.7 Å². The van der Waals surface area contributed by atoms with Gasteiger partial charge in [0.25, 0.3) is 5.91 Å². The fourth-order valence-electron chi connectivity index (χ4n) is 2.30. The zero-order valence-corrected chi connectivity index (χ0v) is 14.3. The van der Waals surface area contributed by atoms with Crippen molar-refractivity contribution in [1.82, 2.24) is 20.2 Å². The molecule has 1 aromatic heterocycles. The Morgan fingerprint density at radius 2 is 1.96 bits per heavy atom. The average Bonchev–Trinajstić information content (AvgIpc) is 3.17. The van der Waals surface area contributed by atoms with Gasteiger partial charge in [0.1, 0.15) is 12.1 Å². The quantitative estimate of drug-likeness (QED) is 0.684. The summed E-state index contributed by atoms with van der Waals surface area (Å²) in [6.45, 7) is 3.12. The molecule has 132 valence electrons. The molecule has 1 heterocycles. The van der Waals surface area contributed by atoms with Crippen LogP contribution < -0.4 is 10.1 Å². The van der Waals surface area contributed by atoms with Gasteiger partial charge in [0.15, 0.2) is 11.9 Å². The van der Waals surface area contributed by atoms with Crippen molar-refractivity contribution in [3.05, 3.63) is 60.4 Å². The molecule has 1 unspecified atom stereocenters. The Morgan fingerprint density at radius 3 is 2.69 bits per heavy atom. The molecule has 0 aliphatic rings. The first-order valence-electron chi connectivity index (χ1n) is 7.95. The minimum Gasteiger partial charge on any atom is -0.481 e. The van der Waals surface area contributed by atoms with E-state index >= 15 is 0 Å². The number of nitrogens with zero attached hydrogens (tertiary/aromatic N) is 4. The SMILES string of the molecule is CC(=O)c1cccc(NC(=O)C(C)Oc2cccc(-n3cnnn3)c2)c1. The van der Waals surface area contributed by atoms with Gasteiger partial charge in [0.05, 0.1) is 5.69 Å². The van der Waals surface area contributed by atoms with Gasteiger partial charge < -0.3 is 10.1 Å². The first-order chi connectivity index (χ1) is 12.5. The van der Waals surface area contributed by atoms with E-state index in [2.05, 4.69) is 20.8 Å². The van der Waals surface area contributed by atoms with Crippen molar-refractivity contribution in [2.45, 2.75) is 20.0 Å². The van der Waals surface area contributed by atoms with Crippen LogP contribution in [0.3, 0.4) is 0 Å². The maximum atomic E-state index is 12.4. The lowest BCUT2D eigenvalue weighted by Gasteiger charge is -2.15. The molecule has 0 saturated carbocycles. The number of rotatable bonds is 6. The zero-order chi connectivity index (χ0) is 18.5. The van der Waals surface area contributed by atoms with Gasteiger partial charge in [-0.3, -0.25) is 9.59 Å². The predicted molar refractivity (Wildman–Crippen MR) is 94.3 cm³/mol. The molecule has 1 N–H and O–H groups in total. The highest BCUT2D eigenvalue weighted by Crippen LogP contribution is 2.18. The smallest absolute Gasteiger partial charge is 0.265 e. The molecule has 0 aliphatic heterocycles. The maximum Gasteiger partial charge on any atom is 0.265 e. The molecule has 1 atom stereocenters. The summed E-state index contributed by atoms with van der Waals surface area (Å²) in [5.41, 5.74) is 1.79. The Kier molecular flexibility index (Phi) is 5.02. The van der Waals surface area contributed by atoms with Crippen LogP contribution in [0.4, 0.5) is 5.69 Å². The van der Waals surface area contributed by atoms with E-state index in [1.54, 1.807) is 49.4 Å². The lowest BCUT2D eigenvalue weighted by molar-refractivity contribution is -0.122. The summed E-state index contributed by atoms with van der Waals surface area (Å²) in [6, 6.07) is 13.8. The summed E-state index contributed by atoms with van der Waals surface area (Å²) < 4.78 is 7.19. The fraction of sp³-hybridized carbons (Fsp3) is 0.167. The minimum absolute atomic E-state index is 0.0650. The zero-order valence-electron chi connectivity index (χ0n) is 14.3. The molecule has 0 saturated heterocycles. The van der Waals surface area contributed by atoms with Gasteiger partial charge in [-0.15, -0.1) is 5.10 Å². The summed E-state index contributed by atoms with van der Waals surface area (Å²) in [7, 11) is 0. The highest BCUT2D eigenvalue weighted by molar-refractivity contribution is 5.98. The van der Waals surface area contributed by atoms with Crippen molar-refractivity contribution in [3.63, 3.8) is 0 Å². The Balaban J connectivity index is 1.67. The lowest BCUT2D eigenvalue weighted by atomic mass is 10.1. The Morgan fingerprint density at radius 1 is 1.15 bits per heavy atom. The van der Waals surface area contributed by atoms with Crippen LogP contribution in [0.5, 0.6) is 5.75 Å². The first kappa shape index (κ1) is 17.3. The van der Waals surface area contributed by atoms with Gasteiger partial charge in [-0.25, -0.2) is 4.68 Å². The normalized spacial score (nSPS) is 11.6. The molecule has 2 aromatic carbocycles. The molecule has 0 bridgehead atoms. The number of carbonyl (C=O) groups excluding carboxylic acids is 2. The number of anilines is 1. The van der Waals surface area contributed by atoms with Crippen LogP contribution in [0.2, 0.25) is 0 Å². The van der Waals surface area contributed by atoms with Crippen molar-refractivity contribution in [2.24, 2.45) is 0 Å². The molecule has 1 amide bonds. The number of benzene rings is 2. The third kappa shape index (κ3) is 4.10. The number of hydrogen-bond acceptors (Lipinski definition) is 6. The second-order valence-corrected chi connectivity index (χ2v) is 5.64. The number of nitrogens with one attached hydrogen (secondary N) is 1. The average molecular weight is 351 g/mol. The van der Waals surface area contributed by atoms with Crippen molar-refractivity contribution in [1.29, 1.82) is 0 Å². The summed E-state index contributed by atoms with van der Waals surface area (Å²) in [4.78, 5) is 23.8. The van der Waals surface area contributed by atoms with E-state index in [1.807, 2.05) is 6.07 Å². The van der Waals surface area contributed by atoms with Crippen molar-refractivity contribution in [2.75, 3.05) is 5.32 Å². The number of carbonyl (C=O) groups is 2. The van der Waals surface area contributed by atoms with Crippen molar-refractivity contribution >= 4 is 17.4 Å². The number of ether oxygens (including phenoxy) is 1. The van der Waals surface area contributed by atoms with Gasteiger partial charge >= 0.3 is 0 Å². The Bertz CT molecular complexity index is 924. The van der Waals surface area contributed by atoms with E-state index in [0.29, 0.717) is 22.7 Å². The fourth-order valence-corrected chi connectivity index (χ4v) is 2.30. The van der Waals surface area contributed by atoms with Gasteiger partial charge in [0, 0.05) is 17.3 Å². The minimum atomic E-state index is -0.736. The number of tetrazole rings is 1. The summed E-state index contributed by atoms with van der Waals surface area (Å²) >= 11 is 0. The number of ketones is 1. The number of Topliss-reactive ketones (excluding diaryl/α,β-unsaturated/α-hetero) is 1. The van der Waals surface area contributed by atoms with E-state index in [4.69, 9.17) is 4.74 Å². The second kappa shape index (κ2) is 7.56. The van der Waals surface area contributed by atoms with Crippen LogP contribution in [0.25, 0.3) is 5.69 Å². The number of aromatic nitrogens is 4. The largest absolute Gasteiger partial charge is 0.481 e. The lowest BCUT2D eigenvalue weighted by Crippen LogP contribution is -2.30. The molecule has 3 rings (SSSR count). The molecular weight excluding hydrogens is 334 g/mol. The van der Waals surface area contributed by atoms with Crippen LogP contribution in [0.15, 0.2) is 54.9 Å². The van der Waals surface area contributed by atoms with Crippen LogP contribution in [-0.4, -0.2) is 38.0 Å². The van der Waals surface area contributed by atoms with Gasteiger partial charge in [-0.1, -0.05) is 18.2 Å². The molecule has 0 spiro atoms. The third-order valence-electron chi connectivity index (χ3n) is 3.65. The van der Waals surface area contributed by atoms with Crippen LogP contribution in [0, 0.1) is 0 Å². The third-order valence-corrected chi connectivity index (χ3v) is 3.65. The van der Waals surface area contributed by atoms with Crippen LogP contribution in [0.1, 0.15) is 24.2 Å². The highest BCUT2D eigenvalue weighted by atomic mass is 16.5. The molecule has 8 heteroatoms. The molecule has 0 fully saturated rings. The van der Waals surface area contributed by atoms with E-state index in [9.17, 15) is 9.59 Å². The maximum absolute atomic E-state index is 12.4. The first-order valence-corrected chi connectivity index (χ1v) is 7.95. The molecule has 0 aliphatic carbocycles. The van der Waals surface area contributed by atoms with E-state index < -0.39 is 6.10 Å². The molecule has 8 nitrogen and oxygen atoms in total. The molecule has 0 radical (unpaired) electrons. The van der Waals surface area contributed by atoms with Gasteiger partial charge in [-0.05, 0) is 48.5 Å². The topological polar surface area (TPSA) is 99.0 Å². The Labute approximate surface area is 149 Å². The van der Waals surface area contributed by atoms with Gasteiger partial charge in [-0.2, -0.15) is 0 Å². The summed E-state index contributed by atoms with van der Waals surface area (Å²) in [5.74, 6) is 0.126. The molecule has 26 heavy (non-hydrogen) atoms. The summed E-state index contributed by atoms with van der Waals surface area (Å²) in [5, 5.41) is 13.7. The molecular formula is C18H17N5O3. The van der Waals surface area contributed by atoms with Crippen LogP contribution in [-0.2, 0) is 4.79 Å². The van der Waals surface area contributed by atoms with E-state index in [0.717, 1.165) is 0 Å². The highest BCUT2D eigenvalue weighted by Gasteiger charge is 2.16. The van der Waals surface area contributed by atoms with Crippen LogP contribution >= 0.6 is 0 Å². The molecule has 3 aromatic rings. The monoisotopic (exact) mass is 351 g/mol. The van der Waals surface area contributed by atoms with Crippen molar-refractivity contribution in [3.8, 4) is 11.4 Å². The standard InChI is InChI=1S/C18H17N5O3/c1-12(24)14-5-3-6-15(9-14)20-18(25)13(2)26-17-8-4-7-16(10-17)23-11-19-21-22-23/h3-11,13H,1-2H3,(H,20,25). The number of hydrogen-bond donors (Lipinski definition) is 1. The summed E-state index contributed by atoms with van der Waals surface area (Å²) in [6.07, 6.45) is 0.733. The Hall–Kier alpha value is -3.55. The number of amides is 1. The predicted octanol–water partition coefficient (Wildman–Crippen LogP) is 2.27. The second-order valence-electron chi connectivity index (χ2n) is 5.64. The van der Waals surface area contributed by atoms with E-state index in [1.165, 1.54) is 17.9 Å². The van der Waals surface area contributed by atoms with Gasteiger partial charge in [0.2, 0.25) is 0 Å².